The number of rotatable bonds is 4. The van der Waals surface area contributed by atoms with Crippen molar-refractivity contribution in [2.24, 2.45) is 0 Å². The lowest BCUT2D eigenvalue weighted by molar-refractivity contribution is 0.0891. The summed E-state index contributed by atoms with van der Waals surface area (Å²) in [5.41, 5.74) is 2.82. The van der Waals surface area contributed by atoms with Crippen LogP contribution in [0.5, 0.6) is 0 Å². The molecule has 0 bridgehead atoms. The first-order chi connectivity index (χ1) is 13.7. The molecular formula is C21H20ClFN4O. The van der Waals surface area contributed by atoms with Gasteiger partial charge in [-0.2, -0.15) is 0 Å². The first-order valence-corrected chi connectivity index (χ1v) is 9.54. The molecule has 7 heteroatoms. The molecule has 1 saturated heterocycles. The van der Waals surface area contributed by atoms with Crippen molar-refractivity contribution in [1.82, 2.24) is 15.0 Å². The van der Waals surface area contributed by atoms with Crippen LogP contribution in [-0.2, 0) is 4.74 Å². The van der Waals surface area contributed by atoms with Crippen LogP contribution in [0.1, 0.15) is 12.8 Å². The number of pyridine rings is 1. The molecule has 1 atom stereocenters. The highest BCUT2D eigenvalue weighted by atomic mass is 35.5. The van der Waals surface area contributed by atoms with Crippen molar-refractivity contribution in [3.63, 3.8) is 0 Å². The molecule has 144 valence electrons. The van der Waals surface area contributed by atoms with Crippen LogP contribution in [0.15, 0.2) is 48.9 Å². The van der Waals surface area contributed by atoms with Crippen LogP contribution in [0.25, 0.3) is 22.5 Å². The Kier molecular flexibility index (Phi) is 5.50. The summed E-state index contributed by atoms with van der Waals surface area (Å²) in [7, 11) is 1.74. The van der Waals surface area contributed by atoms with E-state index in [0.29, 0.717) is 16.4 Å². The van der Waals surface area contributed by atoms with Gasteiger partial charge in [0.15, 0.2) is 0 Å². The number of halogens is 2. The van der Waals surface area contributed by atoms with Crippen LogP contribution < -0.4 is 4.90 Å². The Bertz CT molecular complexity index is 967. The van der Waals surface area contributed by atoms with E-state index in [2.05, 4.69) is 14.9 Å². The van der Waals surface area contributed by atoms with Crippen LogP contribution in [-0.4, -0.2) is 41.3 Å². The third-order valence-electron chi connectivity index (χ3n) is 4.94. The van der Waals surface area contributed by atoms with E-state index in [-0.39, 0.29) is 11.9 Å². The average molecular weight is 399 g/mol. The minimum Gasteiger partial charge on any atom is -0.380 e. The second kappa shape index (κ2) is 8.20. The normalized spacial score (nSPS) is 17.0. The molecule has 1 aromatic carbocycles. The maximum atomic E-state index is 13.4. The SMILES string of the molecule is COC1CCCN(c2cnc(-c3ccc(F)cc3)c(-c3ccncc3Cl)n2)C1. The van der Waals surface area contributed by atoms with Gasteiger partial charge < -0.3 is 9.64 Å². The maximum absolute atomic E-state index is 13.4. The van der Waals surface area contributed by atoms with Crippen molar-refractivity contribution < 1.29 is 9.13 Å². The predicted molar refractivity (Wildman–Crippen MR) is 108 cm³/mol. The van der Waals surface area contributed by atoms with Gasteiger partial charge in [0.25, 0.3) is 0 Å². The summed E-state index contributed by atoms with van der Waals surface area (Å²) < 4.78 is 18.9. The fraction of sp³-hybridized carbons (Fsp3) is 0.286. The van der Waals surface area contributed by atoms with Gasteiger partial charge >= 0.3 is 0 Å². The number of ether oxygens (including phenoxy) is 1. The zero-order chi connectivity index (χ0) is 19.5. The maximum Gasteiger partial charge on any atom is 0.147 e. The Labute approximate surface area is 168 Å². The minimum atomic E-state index is -0.296. The first-order valence-electron chi connectivity index (χ1n) is 9.16. The smallest absolute Gasteiger partial charge is 0.147 e. The lowest BCUT2D eigenvalue weighted by Crippen LogP contribution is -2.39. The van der Waals surface area contributed by atoms with Crippen molar-refractivity contribution in [3.8, 4) is 22.5 Å². The number of anilines is 1. The van der Waals surface area contributed by atoms with Crippen LogP contribution >= 0.6 is 11.6 Å². The number of benzene rings is 1. The van der Waals surface area contributed by atoms with Crippen molar-refractivity contribution in [2.75, 3.05) is 25.1 Å². The van der Waals surface area contributed by atoms with E-state index in [1.807, 2.05) is 6.07 Å². The van der Waals surface area contributed by atoms with Crippen LogP contribution in [0.3, 0.4) is 0 Å². The van der Waals surface area contributed by atoms with Crippen molar-refractivity contribution in [1.29, 1.82) is 0 Å². The number of piperidine rings is 1. The zero-order valence-electron chi connectivity index (χ0n) is 15.5. The Morgan fingerprint density at radius 3 is 2.71 bits per heavy atom. The predicted octanol–water partition coefficient (Wildman–Crippen LogP) is 4.61. The van der Waals surface area contributed by atoms with Crippen LogP contribution in [0, 0.1) is 5.82 Å². The third kappa shape index (κ3) is 3.84. The molecule has 1 unspecified atom stereocenters. The number of nitrogens with zero attached hydrogens (tertiary/aromatic N) is 4. The van der Waals surface area contributed by atoms with Crippen molar-refractivity contribution in [2.45, 2.75) is 18.9 Å². The van der Waals surface area contributed by atoms with E-state index < -0.39 is 0 Å². The molecule has 4 rings (SSSR count). The molecule has 2 aromatic heterocycles. The molecule has 0 N–H and O–H groups in total. The molecule has 0 amide bonds. The molecule has 3 aromatic rings. The highest BCUT2D eigenvalue weighted by Crippen LogP contribution is 2.34. The lowest BCUT2D eigenvalue weighted by atomic mass is 10.0. The van der Waals surface area contributed by atoms with E-state index in [9.17, 15) is 4.39 Å². The van der Waals surface area contributed by atoms with Gasteiger partial charge in [0.05, 0.1) is 23.0 Å². The molecule has 1 fully saturated rings. The number of methoxy groups -OCH3 is 1. The van der Waals surface area contributed by atoms with Gasteiger partial charge in [0.1, 0.15) is 17.3 Å². The topological polar surface area (TPSA) is 51.1 Å². The Balaban J connectivity index is 1.81. The molecule has 5 nitrogen and oxygen atoms in total. The zero-order valence-corrected chi connectivity index (χ0v) is 16.2. The van der Waals surface area contributed by atoms with Crippen LogP contribution in [0.4, 0.5) is 10.2 Å². The molecule has 0 spiro atoms. The molecule has 28 heavy (non-hydrogen) atoms. The van der Waals surface area contributed by atoms with Crippen molar-refractivity contribution in [3.05, 3.63) is 59.8 Å². The van der Waals surface area contributed by atoms with Gasteiger partial charge in [-0.1, -0.05) is 11.6 Å². The van der Waals surface area contributed by atoms with Gasteiger partial charge in [-0.15, -0.1) is 0 Å². The molecule has 3 heterocycles. The summed E-state index contributed by atoms with van der Waals surface area (Å²) in [6.07, 6.45) is 7.27. The Morgan fingerprint density at radius 1 is 1.14 bits per heavy atom. The summed E-state index contributed by atoms with van der Waals surface area (Å²) in [6.45, 7) is 1.67. The van der Waals surface area contributed by atoms with E-state index in [1.54, 1.807) is 37.8 Å². The van der Waals surface area contributed by atoms with Crippen LogP contribution in [0.2, 0.25) is 5.02 Å². The summed E-state index contributed by atoms with van der Waals surface area (Å²) in [4.78, 5) is 15.8. The van der Waals surface area contributed by atoms with E-state index in [0.717, 1.165) is 42.9 Å². The standard InChI is InChI=1S/C21H20ClFN4O/c1-28-16-3-2-10-27(13-16)19-12-25-20(14-4-6-15(23)7-5-14)21(26-19)17-8-9-24-11-18(17)22/h4-9,11-12,16H,2-3,10,13H2,1H3. The summed E-state index contributed by atoms with van der Waals surface area (Å²) in [5, 5.41) is 0.491. The minimum absolute atomic E-state index is 0.181. The quantitative estimate of drug-likeness (QED) is 0.642. The van der Waals surface area contributed by atoms with Gasteiger partial charge in [0, 0.05) is 43.7 Å². The fourth-order valence-electron chi connectivity index (χ4n) is 3.44. The fourth-order valence-corrected chi connectivity index (χ4v) is 3.65. The van der Waals surface area contributed by atoms with E-state index >= 15 is 0 Å². The lowest BCUT2D eigenvalue weighted by Gasteiger charge is -2.32. The molecular weight excluding hydrogens is 379 g/mol. The second-order valence-corrected chi connectivity index (χ2v) is 7.14. The summed E-state index contributed by atoms with van der Waals surface area (Å²) in [5.74, 6) is 0.478. The molecule has 1 aliphatic rings. The van der Waals surface area contributed by atoms with Gasteiger partial charge in [-0.25, -0.2) is 9.37 Å². The van der Waals surface area contributed by atoms with Crippen molar-refractivity contribution >= 4 is 17.4 Å². The highest BCUT2D eigenvalue weighted by molar-refractivity contribution is 6.33. The molecule has 0 radical (unpaired) electrons. The monoisotopic (exact) mass is 398 g/mol. The first kappa shape index (κ1) is 18.8. The van der Waals surface area contributed by atoms with E-state index in [1.165, 1.54) is 12.1 Å². The van der Waals surface area contributed by atoms with E-state index in [4.69, 9.17) is 21.3 Å². The molecule has 0 aliphatic carbocycles. The van der Waals surface area contributed by atoms with Gasteiger partial charge in [-0.3, -0.25) is 9.97 Å². The summed E-state index contributed by atoms with van der Waals surface area (Å²) >= 11 is 6.40. The number of aromatic nitrogens is 3. The largest absolute Gasteiger partial charge is 0.380 e. The molecule has 1 aliphatic heterocycles. The second-order valence-electron chi connectivity index (χ2n) is 6.73. The average Bonchev–Trinajstić information content (AvgIpc) is 2.74. The Hall–Kier alpha value is -2.57. The van der Waals surface area contributed by atoms with Gasteiger partial charge in [-0.05, 0) is 43.2 Å². The summed E-state index contributed by atoms with van der Waals surface area (Å²) in [6, 6.07) is 8.03. The van der Waals surface area contributed by atoms with Gasteiger partial charge in [0.2, 0.25) is 0 Å². The third-order valence-corrected chi connectivity index (χ3v) is 5.24. The highest BCUT2D eigenvalue weighted by Gasteiger charge is 2.23. The number of hydrogen-bond acceptors (Lipinski definition) is 5. The number of hydrogen-bond donors (Lipinski definition) is 0. The Morgan fingerprint density at radius 2 is 1.96 bits per heavy atom. The molecule has 0 saturated carbocycles.